The molecule has 2 heterocycles. The first-order valence-corrected chi connectivity index (χ1v) is 7.52. The summed E-state index contributed by atoms with van der Waals surface area (Å²) < 4.78 is 2.55. The molecule has 1 N–H and O–H groups in total. The topological polar surface area (TPSA) is 29.9 Å². The lowest BCUT2D eigenvalue weighted by Gasteiger charge is -2.16. The van der Waals surface area contributed by atoms with Crippen molar-refractivity contribution in [3.05, 3.63) is 17.2 Å². The number of hydrogen-bond donors (Lipinski definition) is 1. The van der Waals surface area contributed by atoms with E-state index < -0.39 is 0 Å². The molecule has 3 nitrogen and oxygen atoms in total. The van der Waals surface area contributed by atoms with Gasteiger partial charge in [0, 0.05) is 38.2 Å². The standard InChI is InChI=1S/C15H25N3/c1-11(2)9-15-17-13-10-16-7-5-14(13)18(15)8-6-12-3-4-12/h11-12,16H,3-10H2,1-2H3. The third-order valence-electron chi connectivity index (χ3n) is 4.11. The number of fused-ring (bicyclic) bond motifs is 1. The Bertz CT molecular complexity index is 416. The largest absolute Gasteiger partial charge is 0.332 e. The zero-order chi connectivity index (χ0) is 12.5. The summed E-state index contributed by atoms with van der Waals surface area (Å²) in [4.78, 5) is 4.89. The number of imidazole rings is 1. The fourth-order valence-corrected chi connectivity index (χ4v) is 2.93. The third kappa shape index (κ3) is 2.61. The highest BCUT2D eigenvalue weighted by atomic mass is 15.1. The van der Waals surface area contributed by atoms with E-state index in [1.807, 2.05) is 0 Å². The highest BCUT2D eigenvalue weighted by Gasteiger charge is 2.24. The molecule has 1 fully saturated rings. The lowest BCUT2D eigenvalue weighted by molar-refractivity contribution is 0.518. The maximum atomic E-state index is 4.89. The van der Waals surface area contributed by atoms with Crippen LogP contribution in [-0.4, -0.2) is 16.1 Å². The normalized spacial score (nSPS) is 19.3. The Morgan fingerprint density at radius 1 is 1.39 bits per heavy atom. The van der Waals surface area contributed by atoms with Crippen LogP contribution < -0.4 is 5.32 Å². The fraction of sp³-hybridized carbons (Fsp3) is 0.800. The van der Waals surface area contributed by atoms with Gasteiger partial charge in [0.1, 0.15) is 5.82 Å². The van der Waals surface area contributed by atoms with Gasteiger partial charge in [-0.15, -0.1) is 0 Å². The van der Waals surface area contributed by atoms with E-state index in [1.54, 1.807) is 0 Å². The minimum absolute atomic E-state index is 0.696. The number of hydrogen-bond acceptors (Lipinski definition) is 2. The van der Waals surface area contributed by atoms with Crippen LogP contribution in [0.25, 0.3) is 0 Å². The Morgan fingerprint density at radius 3 is 2.94 bits per heavy atom. The molecule has 100 valence electrons. The highest BCUT2D eigenvalue weighted by molar-refractivity contribution is 5.20. The highest BCUT2D eigenvalue weighted by Crippen LogP contribution is 2.33. The lowest BCUT2D eigenvalue weighted by atomic mass is 10.1. The van der Waals surface area contributed by atoms with E-state index in [-0.39, 0.29) is 0 Å². The van der Waals surface area contributed by atoms with E-state index in [1.165, 1.54) is 43.0 Å². The smallest absolute Gasteiger partial charge is 0.109 e. The second-order valence-corrected chi connectivity index (χ2v) is 6.33. The van der Waals surface area contributed by atoms with Crippen molar-refractivity contribution in [2.24, 2.45) is 11.8 Å². The average molecular weight is 247 g/mol. The van der Waals surface area contributed by atoms with E-state index in [9.17, 15) is 0 Å². The molecule has 0 radical (unpaired) electrons. The first-order chi connectivity index (χ1) is 8.74. The first kappa shape index (κ1) is 12.2. The quantitative estimate of drug-likeness (QED) is 0.866. The summed E-state index contributed by atoms with van der Waals surface area (Å²) >= 11 is 0. The molecular formula is C15H25N3. The minimum Gasteiger partial charge on any atom is -0.332 e. The number of rotatable bonds is 5. The van der Waals surface area contributed by atoms with Gasteiger partial charge in [-0.2, -0.15) is 0 Å². The molecule has 0 saturated heterocycles. The summed E-state index contributed by atoms with van der Waals surface area (Å²) in [7, 11) is 0. The van der Waals surface area contributed by atoms with Crippen LogP contribution in [0.1, 0.15) is 50.3 Å². The molecule has 1 aliphatic heterocycles. The second kappa shape index (κ2) is 5.04. The molecule has 3 heteroatoms. The summed E-state index contributed by atoms with van der Waals surface area (Å²) in [6.07, 6.45) is 6.56. The van der Waals surface area contributed by atoms with Gasteiger partial charge in [-0.3, -0.25) is 0 Å². The summed E-state index contributed by atoms with van der Waals surface area (Å²) in [6, 6.07) is 0. The summed E-state index contributed by atoms with van der Waals surface area (Å²) in [5, 5.41) is 3.44. The van der Waals surface area contributed by atoms with Crippen molar-refractivity contribution in [2.75, 3.05) is 6.54 Å². The molecule has 1 aliphatic carbocycles. The van der Waals surface area contributed by atoms with E-state index in [2.05, 4.69) is 23.7 Å². The van der Waals surface area contributed by atoms with Crippen LogP contribution in [0, 0.1) is 11.8 Å². The maximum Gasteiger partial charge on any atom is 0.109 e. The summed E-state index contributed by atoms with van der Waals surface area (Å²) in [5.41, 5.74) is 2.83. The van der Waals surface area contributed by atoms with Crippen molar-refractivity contribution in [1.29, 1.82) is 0 Å². The SMILES string of the molecule is CC(C)Cc1nc2c(n1CCC1CC1)CCNC2. The Balaban J connectivity index is 1.82. The Kier molecular flexibility index (Phi) is 3.42. The minimum atomic E-state index is 0.696. The molecule has 0 spiro atoms. The van der Waals surface area contributed by atoms with Crippen molar-refractivity contribution >= 4 is 0 Å². The van der Waals surface area contributed by atoms with Crippen molar-refractivity contribution in [1.82, 2.24) is 14.9 Å². The summed E-state index contributed by atoms with van der Waals surface area (Å²) in [6.45, 7) is 7.86. The van der Waals surface area contributed by atoms with Crippen molar-refractivity contribution < 1.29 is 0 Å². The Labute approximate surface area is 110 Å². The molecule has 0 atom stereocenters. The van der Waals surface area contributed by atoms with Gasteiger partial charge in [0.15, 0.2) is 0 Å². The molecule has 3 rings (SSSR count). The summed E-state index contributed by atoms with van der Waals surface area (Å²) in [5.74, 6) is 3.04. The van der Waals surface area contributed by atoms with Gasteiger partial charge in [-0.05, 0) is 18.3 Å². The molecule has 0 aromatic carbocycles. The molecule has 1 saturated carbocycles. The fourth-order valence-electron chi connectivity index (χ4n) is 2.93. The Hall–Kier alpha value is -0.830. The predicted octanol–water partition coefficient (Wildman–Crippen LogP) is 2.53. The average Bonchev–Trinajstić information content (AvgIpc) is 3.09. The van der Waals surface area contributed by atoms with Gasteiger partial charge in [-0.1, -0.05) is 26.7 Å². The Morgan fingerprint density at radius 2 is 2.22 bits per heavy atom. The van der Waals surface area contributed by atoms with Gasteiger partial charge in [-0.25, -0.2) is 4.98 Å². The van der Waals surface area contributed by atoms with Crippen LogP contribution in [0.3, 0.4) is 0 Å². The molecule has 0 amide bonds. The van der Waals surface area contributed by atoms with Gasteiger partial charge >= 0.3 is 0 Å². The van der Waals surface area contributed by atoms with Crippen LogP contribution in [-0.2, 0) is 25.9 Å². The van der Waals surface area contributed by atoms with E-state index in [0.29, 0.717) is 5.92 Å². The van der Waals surface area contributed by atoms with Crippen molar-refractivity contribution in [2.45, 2.75) is 59.0 Å². The zero-order valence-corrected chi connectivity index (χ0v) is 11.7. The molecule has 0 bridgehead atoms. The molecule has 1 aromatic rings. The van der Waals surface area contributed by atoms with Gasteiger partial charge in [0.2, 0.25) is 0 Å². The van der Waals surface area contributed by atoms with Crippen LogP contribution in [0.2, 0.25) is 0 Å². The number of nitrogens with zero attached hydrogens (tertiary/aromatic N) is 2. The van der Waals surface area contributed by atoms with Crippen LogP contribution in [0.15, 0.2) is 0 Å². The molecule has 18 heavy (non-hydrogen) atoms. The number of nitrogens with one attached hydrogen (secondary N) is 1. The van der Waals surface area contributed by atoms with Crippen LogP contribution >= 0.6 is 0 Å². The lowest BCUT2D eigenvalue weighted by Crippen LogP contribution is -2.25. The first-order valence-electron chi connectivity index (χ1n) is 7.52. The molecular weight excluding hydrogens is 222 g/mol. The van der Waals surface area contributed by atoms with Gasteiger partial charge < -0.3 is 9.88 Å². The van der Waals surface area contributed by atoms with E-state index in [4.69, 9.17) is 4.98 Å². The second-order valence-electron chi connectivity index (χ2n) is 6.33. The van der Waals surface area contributed by atoms with Crippen LogP contribution in [0.4, 0.5) is 0 Å². The predicted molar refractivity (Wildman–Crippen MR) is 73.5 cm³/mol. The van der Waals surface area contributed by atoms with Crippen molar-refractivity contribution in [3.63, 3.8) is 0 Å². The van der Waals surface area contributed by atoms with E-state index >= 15 is 0 Å². The number of aromatic nitrogens is 2. The molecule has 2 aliphatic rings. The maximum absolute atomic E-state index is 4.89. The van der Waals surface area contributed by atoms with Gasteiger partial charge in [0.05, 0.1) is 5.69 Å². The van der Waals surface area contributed by atoms with Crippen molar-refractivity contribution in [3.8, 4) is 0 Å². The van der Waals surface area contributed by atoms with Gasteiger partial charge in [0.25, 0.3) is 0 Å². The molecule has 0 unspecified atom stereocenters. The molecule has 1 aromatic heterocycles. The monoisotopic (exact) mass is 247 g/mol. The van der Waals surface area contributed by atoms with E-state index in [0.717, 1.165) is 31.8 Å². The zero-order valence-electron chi connectivity index (χ0n) is 11.7. The van der Waals surface area contributed by atoms with Crippen LogP contribution in [0.5, 0.6) is 0 Å². The third-order valence-corrected chi connectivity index (χ3v) is 4.11.